The Morgan fingerprint density at radius 3 is 1.95 bits per heavy atom. The zero-order valence-corrected chi connectivity index (χ0v) is 11.7. The van der Waals surface area contributed by atoms with Gasteiger partial charge in [-0.2, -0.15) is 0 Å². The second kappa shape index (κ2) is 7.07. The third kappa shape index (κ3) is 4.50. The molecule has 0 saturated heterocycles. The molecule has 0 fully saturated rings. The van der Waals surface area contributed by atoms with Crippen LogP contribution >= 0.6 is 23.5 Å². The SMILES string of the molecule is O=C(O)/C(=C\Sc1ccccc1)Sc1ccccc1. The summed E-state index contributed by atoms with van der Waals surface area (Å²) in [7, 11) is 0. The molecule has 0 atom stereocenters. The number of aliphatic carboxylic acids is 1. The van der Waals surface area contributed by atoms with Gasteiger partial charge in [0.2, 0.25) is 0 Å². The molecule has 0 aliphatic heterocycles. The molecule has 0 unspecified atom stereocenters. The average Bonchev–Trinajstić information content (AvgIpc) is 2.45. The van der Waals surface area contributed by atoms with Crippen LogP contribution < -0.4 is 0 Å². The van der Waals surface area contributed by atoms with Crippen LogP contribution in [0.3, 0.4) is 0 Å². The minimum absolute atomic E-state index is 0.319. The smallest absolute Gasteiger partial charge is 0.343 e. The molecule has 0 radical (unpaired) electrons. The zero-order chi connectivity index (χ0) is 13.5. The van der Waals surface area contributed by atoms with Gasteiger partial charge in [-0.05, 0) is 29.7 Å². The van der Waals surface area contributed by atoms with Crippen LogP contribution in [0.5, 0.6) is 0 Å². The molecule has 0 bridgehead atoms. The topological polar surface area (TPSA) is 37.3 Å². The van der Waals surface area contributed by atoms with Crippen LogP contribution in [0.4, 0.5) is 0 Å². The van der Waals surface area contributed by atoms with E-state index in [0.29, 0.717) is 4.91 Å². The van der Waals surface area contributed by atoms with Crippen molar-refractivity contribution in [2.45, 2.75) is 9.79 Å². The van der Waals surface area contributed by atoms with E-state index in [1.807, 2.05) is 60.7 Å². The molecule has 2 rings (SSSR count). The molecule has 0 aromatic heterocycles. The second-order valence-corrected chi connectivity index (χ2v) is 5.69. The van der Waals surface area contributed by atoms with Gasteiger partial charge in [-0.1, -0.05) is 59.9 Å². The van der Waals surface area contributed by atoms with Crippen LogP contribution in [-0.4, -0.2) is 11.1 Å². The van der Waals surface area contributed by atoms with Crippen LogP contribution in [0.15, 0.2) is 80.8 Å². The molecule has 0 saturated carbocycles. The van der Waals surface area contributed by atoms with E-state index in [1.165, 1.54) is 23.5 Å². The summed E-state index contributed by atoms with van der Waals surface area (Å²) in [6.45, 7) is 0. The first-order valence-corrected chi connectivity index (χ1v) is 7.33. The number of thioether (sulfide) groups is 2. The number of benzene rings is 2. The summed E-state index contributed by atoms with van der Waals surface area (Å²) in [5.41, 5.74) is 0. The predicted octanol–water partition coefficient (Wildman–Crippen LogP) is 4.50. The van der Waals surface area contributed by atoms with Crippen molar-refractivity contribution in [1.82, 2.24) is 0 Å². The van der Waals surface area contributed by atoms with Crippen LogP contribution in [0, 0.1) is 0 Å². The van der Waals surface area contributed by atoms with E-state index in [4.69, 9.17) is 0 Å². The molecular weight excluding hydrogens is 276 g/mol. The van der Waals surface area contributed by atoms with Crippen molar-refractivity contribution in [2.75, 3.05) is 0 Å². The first kappa shape index (κ1) is 13.8. The Hall–Kier alpha value is -1.65. The molecule has 0 heterocycles. The molecule has 0 spiro atoms. The van der Waals surface area contributed by atoms with E-state index in [0.717, 1.165) is 9.79 Å². The lowest BCUT2D eigenvalue weighted by Gasteiger charge is -2.02. The summed E-state index contributed by atoms with van der Waals surface area (Å²) in [4.78, 5) is 13.5. The van der Waals surface area contributed by atoms with E-state index in [1.54, 1.807) is 5.41 Å². The third-order valence-electron chi connectivity index (χ3n) is 2.23. The maximum absolute atomic E-state index is 11.2. The summed E-state index contributed by atoms with van der Waals surface area (Å²) in [6.07, 6.45) is 0. The maximum atomic E-state index is 11.2. The van der Waals surface area contributed by atoms with Crippen molar-refractivity contribution >= 4 is 29.5 Å². The van der Waals surface area contributed by atoms with E-state index in [-0.39, 0.29) is 0 Å². The van der Waals surface area contributed by atoms with Gasteiger partial charge in [0, 0.05) is 9.79 Å². The van der Waals surface area contributed by atoms with Crippen molar-refractivity contribution in [3.05, 3.63) is 71.0 Å². The Morgan fingerprint density at radius 1 is 0.895 bits per heavy atom. The largest absolute Gasteiger partial charge is 0.477 e. The fraction of sp³-hybridized carbons (Fsp3) is 0. The lowest BCUT2D eigenvalue weighted by molar-refractivity contribution is -0.131. The van der Waals surface area contributed by atoms with Crippen LogP contribution in [0.1, 0.15) is 0 Å². The number of hydrogen-bond donors (Lipinski definition) is 1. The Morgan fingerprint density at radius 2 is 1.42 bits per heavy atom. The molecule has 0 aliphatic rings. The average molecular weight is 288 g/mol. The van der Waals surface area contributed by atoms with E-state index in [9.17, 15) is 9.90 Å². The fourth-order valence-corrected chi connectivity index (χ4v) is 2.98. The normalized spacial score (nSPS) is 11.3. The number of carbonyl (C=O) groups is 1. The van der Waals surface area contributed by atoms with Gasteiger partial charge < -0.3 is 5.11 Å². The first-order chi connectivity index (χ1) is 9.25. The number of carboxylic acid groups (broad SMARTS) is 1. The van der Waals surface area contributed by atoms with Gasteiger partial charge in [-0.3, -0.25) is 0 Å². The highest BCUT2D eigenvalue weighted by atomic mass is 32.2. The fourth-order valence-electron chi connectivity index (χ4n) is 1.35. The van der Waals surface area contributed by atoms with Gasteiger partial charge in [0.15, 0.2) is 0 Å². The minimum atomic E-state index is -0.905. The summed E-state index contributed by atoms with van der Waals surface area (Å²) in [6, 6.07) is 19.2. The highest BCUT2D eigenvalue weighted by molar-refractivity contribution is 8.06. The molecular formula is C15H12O2S2. The molecule has 1 N–H and O–H groups in total. The molecule has 2 nitrogen and oxygen atoms in total. The minimum Gasteiger partial charge on any atom is -0.477 e. The highest BCUT2D eigenvalue weighted by Gasteiger charge is 2.09. The van der Waals surface area contributed by atoms with Crippen molar-refractivity contribution < 1.29 is 9.90 Å². The molecule has 2 aromatic carbocycles. The quantitative estimate of drug-likeness (QED) is 0.649. The summed E-state index contributed by atoms with van der Waals surface area (Å²) in [5, 5.41) is 10.9. The Kier molecular flexibility index (Phi) is 5.12. The van der Waals surface area contributed by atoms with Crippen LogP contribution in [0.2, 0.25) is 0 Å². The molecule has 96 valence electrons. The van der Waals surface area contributed by atoms with Gasteiger partial charge in [0.25, 0.3) is 0 Å². The lowest BCUT2D eigenvalue weighted by Crippen LogP contribution is -1.95. The van der Waals surface area contributed by atoms with Gasteiger partial charge in [0.05, 0.1) is 0 Å². The number of carboxylic acids is 1. The Bertz CT molecular complexity index is 565. The monoisotopic (exact) mass is 288 g/mol. The Labute approximate surface area is 120 Å². The molecule has 19 heavy (non-hydrogen) atoms. The maximum Gasteiger partial charge on any atom is 0.343 e. The van der Waals surface area contributed by atoms with E-state index >= 15 is 0 Å². The molecule has 2 aromatic rings. The first-order valence-electron chi connectivity index (χ1n) is 5.64. The summed E-state index contributed by atoms with van der Waals surface area (Å²) >= 11 is 2.67. The highest BCUT2D eigenvalue weighted by Crippen LogP contribution is 2.30. The second-order valence-electron chi connectivity index (χ2n) is 3.63. The summed E-state index contributed by atoms with van der Waals surface area (Å²) < 4.78 is 0. The van der Waals surface area contributed by atoms with E-state index < -0.39 is 5.97 Å². The predicted molar refractivity (Wildman–Crippen MR) is 80.3 cm³/mol. The van der Waals surface area contributed by atoms with Crippen LogP contribution in [-0.2, 0) is 4.79 Å². The number of hydrogen-bond acceptors (Lipinski definition) is 3. The van der Waals surface area contributed by atoms with Crippen molar-refractivity contribution in [3.8, 4) is 0 Å². The van der Waals surface area contributed by atoms with Crippen molar-refractivity contribution in [1.29, 1.82) is 0 Å². The summed E-state index contributed by atoms with van der Waals surface area (Å²) in [5.74, 6) is -0.905. The molecule has 4 heteroatoms. The standard InChI is InChI=1S/C15H12O2S2/c16-15(17)14(19-13-9-5-2-6-10-13)11-18-12-7-3-1-4-8-12/h1-11H,(H,16,17)/b14-11+. The number of rotatable bonds is 5. The lowest BCUT2D eigenvalue weighted by atomic mass is 10.4. The van der Waals surface area contributed by atoms with Gasteiger partial charge in [-0.15, -0.1) is 0 Å². The zero-order valence-electron chi connectivity index (χ0n) is 10.0. The molecule has 0 aliphatic carbocycles. The van der Waals surface area contributed by atoms with Gasteiger partial charge in [0.1, 0.15) is 4.91 Å². The van der Waals surface area contributed by atoms with Gasteiger partial charge in [-0.25, -0.2) is 4.79 Å². The van der Waals surface area contributed by atoms with Crippen LogP contribution in [0.25, 0.3) is 0 Å². The molecule has 0 amide bonds. The Balaban J connectivity index is 2.10. The van der Waals surface area contributed by atoms with E-state index in [2.05, 4.69) is 0 Å². The van der Waals surface area contributed by atoms with Crippen molar-refractivity contribution in [2.24, 2.45) is 0 Å². The van der Waals surface area contributed by atoms with Crippen molar-refractivity contribution in [3.63, 3.8) is 0 Å². The third-order valence-corrected chi connectivity index (χ3v) is 4.29. The van der Waals surface area contributed by atoms with Gasteiger partial charge >= 0.3 is 5.97 Å².